The highest BCUT2D eigenvalue weighted by Gasteiger charge is 2.17. The Morgan fingerprint density at radius 2 is 2.11 bits per heavy atom. The van der Waals surface area contributed by atoms with Gasteiger partial charge in [0.25, 0.3) is 0 Å². The zero-order valence-electron chi connectivity index (χ0n) is 12.7. The van der Waals surface area contributed by atoms with Gasteiger partial charge in [0, 0.05) is 24.8 Å². The van der Waals surface area contributed by atoms with Gasteiger partial charge < -0.3 is 10.2 Å². The number of rotatable bonds is 6. The van der Waals surface area contributed by atoms with Crippen molar-refractivity contribution in [2.45, 2.75) is 52.5 Å². The quantitative estimate of drug-likeness (QED) is 0.834. The molecule has 106 valence electrons. The van der Waals surface area contributed by atoms with Gasteiger partial charge in [0.05, 0.1) is 0 Å². The second-order valence-electron chi connectivity index (χ2n) is 5.65. The summed E-state index contributed by atoms with van der Waals surface area (Å²) >= 11 is 0. The first-order valence-electron chi connectivity index (χ1n) is 7.87. The zero-order chi connectivity index (χ0) is 13.7. The Morgan fingerprint density at radius 3 is 2.84 bits per heavy atom. The second kappa shape index (κ2) is 6.95. The van der Waals surface area contributed by atoms with Crippen LogP contribution in [0.15, 0.2) is 18.2 Å². The molecule has 1 unspecified atom stereocenters. The van der Waals surface area contributed by atoms with Crippen LogP contribution in [0.5, 0.6) is 0 Å². The highest BCUT2D eigenvalue weighted by Crippen LogP contribution is 2.29. The van der Waals surface area contributed by atoms with Crippen LogP contribution in [-0.2, 0) is 6.42 Å². The van der Waals surface area contributed by atoms with Crippen LogP contribution >= 0.6 is 0 Å². The maximum atomic E-state index is 3.58. The lowest BCUT2D eigenvalue weighted by Crippen LogP contribution is -2.30. The fourth-order valence-electron chi connectivity index (χ4n) is 2.95. The number of benzene rings is 1. The Kier molecular flexibility index (Phi) is 5.26. The van der Waals surface area contributed by atoms with Gasteiger partial charge in [-0.1, -0.05) is 26.0 Å². The molecular weight excluding hydrogens is 232 g/mol. The third-order valence-electron chi connectivity index (χ3n) is 4.01. The maximum absolute atomic E-state index is 3.58. The summed E-state index contributed by atoms with van der Waals surface area (Å²) in [4.78, 5) is 2.55. The lowest BCUT2D eigenvalue weighted by atomic mass is 9.96. The van der Waals surface area contributed by atoms with Crippen molar-refractivity contribution < 1.29 is 0 Å². The SMILES string of the molecule is CCCNC(C)c1ccc2c(c1)CCCN2CCC. The molecule has 0 saturated heterocycles. The predicted molar refractivity (Wildman–Crippen MR) is 84.0 cm³/mol. The highest BCUT2D eigenvalue weighted by atomic mass is 15.1. The molecular formula is C17H28N2. The first-order valence-corrected chi connectivity index (χ1v) is 7.87. The molecule has 19 heavy (non-hydrogen) atoms. The summed E-state index contributed by atoms with van der Waals surface area (Å²) in [5.74, 6) is 0. The fraction of sp³-hybridized carbons (Fsp3) is 0.647. The minimum Gasteiger partial charge on any atom is -0.371 e. The molecule has 0 aromatic heterocycles. The van der Waals surface area contributed by atoms with E-state index >= 15 is 0 Å². The van der Waals surface area contributed by atoms with Crippen molar-refractivity contribution in [3.8, 4) is 0 Å². The van der Waals surface area contributed by atoms with Crippen molar-refractivity contribution in [1.29, 1.82) is 0 Å². The Labute approximate surface area is 118 Å². The summed E-state index contributed by atoms with van der Waals surface area (Å²) in [6, 6.07) is 7.53. The normalized spacial score (nSPS) is 16.3. The molecule has 1 aliphatic rings. The van der Waals surface area contributed by atoms with Crippen molar-refractivity contribution in [1.82, 2.24) is 5.32 Å². The molecule has 2 nitrogen and oxygen atoms in total. The molecule has 1 heterocycles. The molecule has 0 amide bonds. The lowest BCUT2D eigenvalue weighted by molar-refractivity contribution is 0.569. The fourth-order valence-corrected chi connectivity index (χ4v) is 2.95. The molecule has 0 radical (unpaired) electrons. The molecule has 1 atom stereocenters. The average Bonchev–Trinajstić information content (AvgIpc) is 2.45. The lowest BCUT2D eigenvalue weighted by Gasteiger charge is -2.32. The number of nitrogens with one attached hydrogen (secondary N) is 1. The molecule has 0 spiro atoms. The van der Waals surface area contributed by atoms with Crippen LogP contribution in [0.2, 0.25) is 0 Å². The molecule has 1 aromatic rings. The third kappa shape index (κ3) is 3.50. The van der Waals surface area contributed by atoms with Gasteiger partial charge in [0.15, 0.2) is 0 Å². The summed E-state index contributed by atoms with van der Waals surface area (Å²) in [7, 11) is 0. The molecule has 1 aromatic carbocycles. The third-order valence-corrected chi connectivity index (χ3v) is 4.01. The molecule has 1 N–H and O–H groups in total. The average molecular weight is 260 g/mol. The van der Waals surface area contributed by atoms with Crippen LogP contribution in [-0.4, -0.2) is 19.6 Å². The zero-order valence-corrected chi connectivity index (χ0v) is 12.7. The van der Waals surface area contributed by atoms with E-state index in [0.717, 1.165) is 6.54 Å². The molecule has 0 aliphatic carbocycles. The first-order chi connectivity index (χ1) is 9.26. The number of fused-ring (bicyclic) bond motifs is 1. The maximum Gasteiger partial charge on any atom is 0.0398 e. The number of nitrogens with zero attached hydrogens (tertiary/aromatic N) is 1. The van der Waals surface area contributed by atoms with Crippen LogP contribution in [0, 0.1) is 0 Å². The van der Waals surface area contributed by atoms with E-state index in [1.165, 1.54) is 50.0 Å². The van der Waals surface area contributed by atoms with Gasteiger partial charge in [-0.25, -0.2) is 0 Å². The largest absolute Gasteiger partial charge is 0.371 e. The van der Waals surface area contributed by atoms with Crippen molar-refractivity contribution in [2.24, 2.45) is 0 Å². The van der Waals surface area contributed by atoms with Crippen molar-refractivity contribution in [2.75, 3.05) is 24.5 Å². The predicted octanol–water partition coefficient (Wildman–Crippen LogP) is 3.91. The van der Waals surface area contributed by atoms with Gasteiger partial charge in [-0.3, -0.25) is 0 Å². The van der Waals surface area contributed by atoms with Crippen LogP contribution in [0.25, 0.3) is 0 Å². The number of hydrogen-bond acceptors (Lipinski definition) is 2. The Balaban J connectivity index is 2.14. The minimum atomic E-state index is 0.465. The van der Waals surface area contributed by atoms with E-state index in [-0.39, 0.29) is 0 Å². The van der Waals surface area contributed by atoms with E-state index < -0.39 is 0 Å². The van der Waals surface area contributed by atoms with Gasteiger partial charge in [-0.05, 0) is 56.3 Å². The van der Waals surface area contributed by atoms with Crippen LogP contribution in [0.3, 0.4) is 0 Å². The molecule has 1 aliphatic heterocycles. The highest BCUT2D eigenvalue weighted by molar-refractivity contribution is 5.57. The summed E-state index contributed by atoms with van der Waals surface area (Å²) in [5.41, 5.74) is 4.45. The summed E-state index contributed by atoms with van der Waals surface area (Å²) in [6.07, 6.45) is 4.96. The van der Waals surface area contributed by atoms with Crippen molar-refractivity contribution in [3.05, 3.63) is 29.3 Å². The van der Waals surface area contributed by atoms with Gasteiger partial charge in [-0.15, -0.1) is 0 Å². The summed E-state index contributed by atoms with van der Waals surface area (Å²) < 4.78 is 0. The van der Waals surface area contributed by atoms with E-state index in [1.54, 1.807) is 5.56 Å². The minimum absolute atomic E-state index is 0.465. The smallest absolute Gasteiger partial charge is 0.0398 e. The van der Waals surface area contributed by atoms with E-state index in [2.05, 4.69) is 49.2 Å². The number of hydrogen-bond donors (Lipinski definition) is 1. The second-order valence-corrected chi connectivity index (χ2v) is 5.65. The van der Waals surface area contributed by atoms with E-state index in [1.807, 2.05) is 0 Å². The van der Waals surface area contributed by atoms with Crippen LogP contribution in [0.4, 0.5) is 5.69 Å². The topological polar surface area (TPSA) is 15.3 Å². The Morgan fingerprint density at radius 1 is 1.26 bits per heavy atom. The monoisotopic (exact) mass is 260 g/mol. The van der Waals surface area contributed by atoms with Crippen molar-refractivity contribution in [3.63, 3.8) is 0 Å². The van der Waals surface area contributed by atoms with Gasteiger partial charge in [0.1, 0.15) is 0 Å². The Hall–Kier alpha value is -1.02. The van der Waals surface area contributed by atoms with Gasteiger partial charge in [-0.2, -0.15) is 0 Å². The molecule has 0 fully saturated rings. The van der Waals surface area contributed by atoms with E-state index in [4.69, 9.17) is 0 Å². The van der Waals surface area contributed by atoms with Gasteiger partial charge >= 0.3 is 0 Å². The van der Waals surface area contributed by atoms with Crippen LogP contribution in [0.1, 0.15) is 57.2 Å². The summed E-state index contributed by atoms with van der Waals surface area (Å²) in [6.45, 7) is 10.3. The van der Waals surface area contributed by atoms with Crippen molar-refractivity contribution >= 4 is 5.69 Å². The first kappa shape index (κ1) is 14.4. The molecule has 0 saturated carbocycles. The molecule has 2 heteroatoms. The van der Waals surface area contributed by atoms with E-state index in [0.29, 0.717) is 6.04 Å². The summed E-state index contributed by atoms with van der Waals surface area (Å²) in [5, 5.41) is 3.58. The Bertz CT molecular complexity index is 400. The molecule has 2 rings (SSSR count). The number of aryl methyl sites for hydroxylation is 1. The molecule has 0 bridgehead atoms. The standard InChI is InChI=1S/C17H28N2/c1-4-10-18-14(3)15-8-9-17-16(13-15)7-6-12-19(17)11-5-2/h8-9,13-14,18H,4-7,10-12H2,1-3H3. The van der Waals surface area contributed by atoms with Crippen LogP contribution < -0.4 is 10.2 Å². The van der Waals surface area contributed by atoms with E-state index in [9.17, 15) is 0 Å². The van der Waals surface area contributed by atoms with Gasteiger partial charge in [0.2, 0.25) is 0 Å². The number of anilines is 1.